The number of hydrogen-bond acceptors (Lipinski definition) is 1. The van der Waals surface area contributed by atoms with Crippen LogP contribution in [-0.4, -0.2) is 12.6 Å². The molecular weight excluding hydrogens is 230 g/mol. The second-order valence-corrected chi connectivity index (χ2v) is 6.99. The van der Waals surface area contributed by atoms with Gasteiger partial charge < -0.3 is 5.32 Å². The largest absolute Gasteiger partial charge is 0.314 e. The zero-order chi connectivity index (χ0) is 13.2. The van der Waals surface area contributed by atoms with Crippen molar-refractivity contribution in [2.24, 2.45) is 17.8 Å². The highest BCUT2D eigenvalue weighted by Gasteiger charge is 2.43. The minimum Gasteiger partial charge on any atom is -0.314 e. The van der Waals surface area contributed by atoms with Crippen molar-refractivity contribution in [2.45, 2.75) is 51.5 Å². The van der Waals surface area contributed by atoms with Crippen LogP contribution in [-0.2, 0) is 0 Å². The smallest absolute Gasteiger partial charge is 0.00683 e. The molecule has 0 radical (unpaired) electrons. The third-order valence-electron chi connectivity index (χ3n) is 4.69. The number of benzene rings is 1. The Morgan fingerprint density at radius 3 is 2.53 bits per heavy atom. The lowest BCUT2D eigenvalue weighted by molar-refractivity contribution is 0.344. The van der Waals surface area contributed by atoms with Crippen molar-refractivity contribution in [3.8, 4) is 0 Å². The molecule has 0 spiro atoms. The standard InChI is InChI=1S/C18H27N/c1-13(2)10-15(12-19-16-8-9-16)18-11-17(18)14-6-4-3-5-7-14/h3-7,13,15-19H,8-12H2,1-2H3. The zero-order valence-corrected chi connectivity index (χ0v) is 12.3. The minimum absolute atomic E-state index is 0.822. The first-order valence-corrected chi connectivity index (χ1v) is 8.02. The van der Waals surface area contributed by atoms with Crippen molar-refractivity contribution in [3.05, 3.63) is 35.9 Å². The van der Waals surface area contributed by atoms with Crippen molar-refractivity contribution < 1.29 is 0 Å². The van der Waals surface area contributed by atoms with E-state index in [-0.39, 0.29) is 0 Å². The van der Waals surface area contributed by atoms with E-state index in [0.717, 1.165) is 29.7 Å². The van der Waals surface area contributed by atoms with Crippen LogP contribution in [0.1, 0.15) is 51.0 Å². The van der Waals surface area contributed by atoms with Crippen molar-refractivity contribution in [1.82, 2.24) is 5.32 Å². The minimum atomic E-state index is 0.822. The molecule has 1 N–H and O–H groups in total. The molecule has 0 saturated heterocycles. The van der Waals surface area contributed by atoms with Crippen LogP contribution >= 0.6 is 0 Å². The molecule has 2 fully saturated rings. The maximum atomic E-state index is 3.76. The molecule has 0 aromatic heterocycles. The Bertz CT molecular complexity index is 393. The van der Waals surface area contributed by atoms with E-state index in [4.69, 9.17) is 0 Å². The molecular formula is C18H27N. The summed E-state index contributed by atoms with van der Waals surface area (Å²) in [5, 5.41) is 3.76. The van der Waals surface area contributed by atoms with E-state index in [1.165, 1.54) is 32.2 Å². The monoisotopic (exact) mass is 257 g/mol. The zero-order valence-electron chi connectivity index (χ0n) is 12.3. The van der Waals surface area contributed by atoms with Gasteiger partial charge in [0.15, 0.2) is 0 Å². The van der Waals surface area contributed by atoms with Gasteiger partial charge in [-0.2, -0.15) is 0 Å². The van der Waals surface area contributed by atoms with Crippen LogP contribution < -0.4 is 5.32 Å². The predicted molar refractivity (Wildman–Crippen MR) is 81.3 cm³/mol. The van der Waals surface area contributed by atoms with Gasteiger partial charge in [-0.3, -0.25) is 0 Å². The fourth-order valence-corrected chi connectivity index (χ4v) is 3.44. The summed E-state index contributed by atoms with van der Waals surface area (Å²) in [5.74, 6) is 3.47. The van der Waals surface area contributed by atoms with Gasteiger partial charge in [0.05, 0.1) is 0 Å². The van der Waals surface area contributed by atoms with Crippen LogP contribution in [0.3, 0.4) is 0 Å². The van der Waals surface area contributed by atoms with Gasteiger partial charge in [-0.1, -0.05) is 44.2 Å². The van der Waals surface area contributed by atoms with Crippen LogP contribution in [0.5, 0.6) is 0 Å². The summed E-state index contributed by atoms with van der Waals surface area (Å²) in [6.45, 7) is 5.98. The van der Waals surface area contributed by atoms with Gasteiger partial charge in [0, 0.05) is 6.04 Å². The van der Waals surface area contributed by atoms with Crippen LogP contribution in [0.25, 0.3) is 0 Å². The highest BCUT2D eigenvalue weighted by Crippen LogP contribution is 2.53. The van der Waals surface area contributed by atoms with Crippen molar-refractivity contribution >= 4 is 0 Å². The number of nitrogens with one attached hydrogen (secondary N) is 1. The van der Waals surface area contributed by atoms with Crippen LogP contribution in [0.2, 0.25) is 0 Å². The second-order valence-electron chi connectivity index (χ2n) is 6.99. The fraction of sp³-hybridized carbons (Fsp3) is 0.667. The van der Waals surface area contributed by atoms with E-state index in [1.54, 1.807) is 5.56 Å². The Hall–Kier alpha value is -0.820. The van der Waals surface area contributed by atoms with Gasteiger partial charge in [0.1, 0.15) is 0 Å². The Morgan fingerprint density at radius 1 is 1.16 bits per heavy atom. The number of hydrogen-bond donors (Lipinski definition) is 1. The molecule has 0 bridgehead atoms. The summed E-state index contributed by atoms with van der Waals surface area (Å²) in [4.78, 5) is 0. The number of rotatable bonds is 7. The third-order valence-corrected chi connectivity index (χ3v) is 4.69. The summed E-state index contributed by atoms with van der Waals surface area (Å²) in [7, 11) is 0. The van der Waals surface area contributed by atoms with Gasteiger partial charge in [-0.15, -0.1) is 0 Å². The Kier molecular flexibility index (Phi) is 3.93. The molecule has 0 amide bonds. The molecule has 3 unspecified atom stereocenters. The van der Waals surface area contributed by atoms with Gasteiger partial charge in [0.25, 0.3) is 0 Å². The van der Waals surface area contributed by atoms with E-state index in [9.17, 15) is 0 Å². The molecule has 0 heterocycles. The van der Waals surface area contributed by atoms with Crippen LogP contribution in [0.4, 0.5) is 0 Å². The lowest BCUT2D eigenvalue weighted by atomic mass is 9.90. The Balaban J connectivity index is 1.57. The fourth-order valence-electron chi connectivity index (χ4n) is 3.44. The maximum absolute atomic E-state index is 3.76. The molecule has 2 aliphatic rings. The molecule has 1 heteroatoms. The first kappa shape index (κ1) is 13.2. The van der Waals surface area contributed by atoms with Gasteiger partial charge in [0.2, 0.25) is 0 Å². The second kappa shape index (κ2) is 5.66. The molecule has 0 aliphatic heterocycles. The molecule has 3 rings (SSSR count). The molecule has 19 heavy (non-hydrogen) atoms. The molecule has 2 aliphatic carbocycles. The quantitative estimate of drug-likeness (QED) is 0.772. The lowest BCUT2D eigenvalue weighted by Gasteiger charge is -2.20. The van der Waals surface area contributed by atoms with Crippen molar-refractivity contribution in [1.29, 1.82) is 0 Å². The van der Waals surface area contributed by atoms with Crippen molar-refractivity contribution in [3.63, 3.8) is 0 Å². The highest BCUT2D eigenvalue weighted by molar-refractivity contribution is 5.26. The van der Waals surface area contributed by atoms with E-state index >= 15 is 0 Å². The summed E-state index contributed by atoms with van der Waals surface area (Å²) in [6, 6.07) is 12.0. The van der Waals surface area contributed by atoms with E-state index in [2.05, 4.69) is 49.5 Å². The van der Waals surface area contributed by atoms with E-state index in [0.29, 0.717) is 0 Å². The molecule has 1 aromatic carbocycles. The summed E-state index contributed by atoms with van der Waals surface area (Å²) in [6.07, 6.45) is 5.60. The lowest BCUT2D eigenvalue weighted by Crippen LogP contribution is -2.27. The SMILES string of the molecule is CC(C)CC(CNC1CC1)C1CC1c1ccccc1. The van der Waals surface area contributed by atoms with Crippen LogP contribution in [0, 0.1) is 17.8 Å². The van der Waals surface area contributed by atoms with Gasteiger partial charge >= 0.3 is 0 Å². The third kappa shape index (κ3) is 3.60. The van der Waals surface area contributed by atoms with Gasteiger partial charge in [-0.25, -0.2) is 0 Å². The van der Waals surface area contributed by atoms with Gasteiger partial charge in [-0.05, 0) is 61.5 Å². The molecule has 1 aromatic rings. The van der Waals surface area contributed by atoms with Crippen molar-refractivity contribution in [2.75, 3.05) is 6.54 Å². The average Bonchev–Trinajstić information content (AvgIpc) is 3.27. The Labute approximate surface area is 117 Å². The first-order chi connectivity index (χ1) is 9.24. The summed E-state index contributed by atoms with van der Waals surface area (Å²) < 4.78 is 0. The Morgan fingerprint density at radius 2 is 1.89 bits per heavy atom. The van der Waals surface area contributed by atoms with Crippen LogP contribution in [0.15, 0.2) is 30.3 Å². The highest BCUT2D eigenvalue weighted by atomic mass is 14.9. The predicted octanol–water partition coefficient (Wildman–Crippen LogP) is 4.20. The first-order valence-electron chi connectivity index (χ1n) is 8.02. The van der Waals surface area contributed by atoms with E-state index in [1.807, 2.05) is 0 Å². The molecule has 104 valence electrons. The maximum Gasteiger partial charge on any atom is 0.00683 e. The molecule has 2 saturated carbocycles. The summed E-state index contributed by atoms with van der Waals surface area (Å²) >= 11 is 0. The average molecular weight is 257 g/mol. The molecule has 3 atom stereocenters. The van der Waals surface area contributed by atoms with E-state index < -0.39 is 0 Å². The molecule has 1 nitrogen and oxygen atoms in total. The normalized spacial score (nSPS) is 27.5. The topological polar surface area (TPSA) is 12.0 Å². The summed E-state index contributed by atoms with van der Waals surface area (Å²) in [5.41, 5.74) is 1.56.